The molecule has 1 amide bonds. The summed E-state index contributed by atoms with van der Waals surface area (Å²) in [4.78, 5) is 11.5. The molecule has 2 rings (SSSR count). The van der Waals surface area contributed by atoms with E-state index in [0.29, 0.717) is 12.8 Å². The highest BCUT2D eigenvalue weighted by Crippen LogP contribution is 2.34. The van der Waals surface area contributed by atoms with E-state index in [-0.39, 0.29) is 33.9 Å². The number of tetrazole rings is 1. The number of carbonyl (C=O) groups excluding carboxylic acids is 1. The molecule has 0 aliphatic heterocycles. The van der Waals surface area contributed by atoms with Gasteiger partial charge in [0.05, 0.1) is 5.69 Å². The van der Waals surface area contributed by atoms with E-state index in [2.05, 4.69) is 33.5 Å². The number of phenols is 2. The number of rotatable bonds is 4. The number of amides is 1. The summed E-state index contributed by atoms with van der Waals surface area (Å²) in [5.74, 6) is -0.644. The van der Waals surface area contributed by atoms with Crippen molar-refractivity contribution in [3.63, 3.8) is 0 Å². The van der Waals surface area contributed by atoms with Gasteiger partial charge in [-0.05, 0) is 16.8 Å². The average molecular weight is 295 g/mol. The van der Waals surface area contributed by atoms with Crippen LogP contribution in [0.2, 0.25) is 0 Å². The zero-order chi connectivity index (χ0) is 14.7. The SMILES string of the molecule is CCCC(=O)Nc1cc(O)c(-n2nnnc2S)cc1O. The molecule has 3 N–H and O–H groups in total. The van der Waals surface area contributed by atoms with Crippen LogP contribution in [0.1, 0.15) is 19.8 Å². The Hall–Kier alpha value is -2.29. The minimum Gasteiger partial charge on any atom is -0.506 e. The summed E-state index contributed by atoms with van der Waals surface area (Å²) in [7, 11) is 0. The van der Waals surface area contributed by atoms with Crippen molar-refractivity contribution in [1.29, 1.82) is 0 Å². The fourth-order valence-corrected chi connectivity index (χ4v) is 1.80. The van der Waals surface area contributed by atoms with Gasteiger partial charge in [0.1, 0.15) is 17.2 Å². The summed E-state index contributed by atoms with van der Waals surface area (Å²) in [6, 6.07) is 2.47. The van der Waals surface area contributed by atoms with Gasteiger partial charge in [-0.1, -0.05) is 6.92 Å². The summed E-state index contributed by atoms with van der Waals surface area (Å²) in [6.07, 6.45) is 1.01. The van der Waals surface area contributed by atoms with Gasteiger partial charge in [-0.2, -0.15) is 4.68 Å². The molecule has 9 heteroatoms. The van der Waals surface area contributed by atoms with E-state index in [9.17, 15) is 15.0 Å². The van der Waals surface area contributed by atoms with Crippen molar-refractivity contribution in [2.24, 2.45) is 0 Å². The highest BCUT2D eigenvalue weighted by molar-refractivity contribution is 7.80. The molecule has 0 saturated carbocycles. The van der Waals surface area contributed by atoms with Crippen molar-refractivity contribution in [2.75, 3.05) is 5.32 Å². The maximum atomic E-state index is 11.5. The van der Waals surface area contributed by atoms with E-state index < -0.39 is 0 Å². The van der Waals surface area contributed by atoms with Crippen LogP contribution in [-0.4, -0.2) is 36.3 Å². The molecule has 20 heavy (non-hydrogen) atoms. The zero-order valence-electron chi connectivity index (χ0n) is 10.6. The van der Waals surface area contributed by atoms with Crippen LogP contribution in [0.3, 0.4) is 0 Å². The van der Waals surface area contributed by atoms with Crippen molar-refractivity contribution in [3.8, 4) is 17.2 Å². The minimum absolute atomic E-state index is 0.124. The number of nitrogens with one attached hydrogen (secondary N) is 1. The molecule has 0 aliphatic rings. The Labute approximate surface area is 119 Å². The van der Waals surface area contributed by atoms with Crippen LogP contribution in [0.5, 0.6) is 11.5 Å². The Bertz CT molecular complexity index is 643. The first-order valence-electron chi connectivity index (χ1n) is 5.86. The maximum absolute atomic E-state index is 11.5. The lowest BCUT2D eigenvalue weighted by Crippen LogP contribution is -2.11. The first-order chi connectivity index (χ1) is 9.52. The van der Waals surface area contributed by atoms with Gasteiger partial charge in [0, 0.05) is 18.6 Å². The summed E-state index contributed by atoms with van der Waals surface area (Å²) in [6.45, 7) is 1.87. The third-order valence-electron chi connectivity index (χ3n) is 2.53. The van der Waals surface area contributed by atoms with Crippen LogP contribution in [0, 0.1) is 0 Å². The fraction of sp³-hybridized carbons (Fsp3) is 0.273. The highest BCUT2D eigenvalue weighted by Gasteiger charge is 2.15. The molecule has 0 spiro atoms. The highest BCUT2D eigenvalue weighted by atomic mass is 32.1. The number of benzene rings is 1. The second kappa shape index (κ2) is 5.78. The first-order valence-corrected chi connectivity index (χ1v) is 6.31. The number of carbonyl (C=O) groups is 1. The Balaban J connectivity index is 2.34. The molecular formula is C11H13N5O3S. The van der Waals surface area contributed by atoms with E-state index in [1.807, 2.05) is 6.92 Å². The number of hydrogen-bond acceptors (Lipinski definition) is 7. The third kappa shape index (κ3) is 2.82. The fourth-order valence-electron chi connectivity index (χ4n) is 1.61. The Morgan fingerprint density at radius 3 is 2.75 bits per heavy atom. The predicted molar refractivity (Wildman–Crippen MR) is 73.3 cm³/mol. The zero-order valence-corrected chi connectivity index (χ0v) is 11.5. The molecule has 1 aromatic heterocycles. The Kier molecular flexibility index (Phi) is 4.08. The predicted octanol–water partition coefficient (Wildman–Crippen LogP) is 1.10. The number of aromatic nitrogens is 4. The molecule has 106 valence electrons. The summed E-state index contributed by atoms with van der Waals surface area (Å²) >= 11 is 4.02. The first kappa shape index (κ1) is 14.1. The van der Waals surface area contributed by atoms with Gasteiger partial charge in [-0.15, -0.1) is 17.7 Å². The number of anilines is 1. The Morgan fingerprint density at radius 1 is 1.40 bits per heavy atom. The van der Waals surface area contributed by atoms with E-state index in [0.717, 1.165) is 4.68 Å². The molecule has 2 aromatic rings. The van der Waals surface area contributed by atoms with Gasteiger partial charge >= 0.3 is 0 Å². The van der Waals surface area contributed by atoms with Crippen LogP contribution < -0.4 is 5.32 Å². The van der Waals surface area contributed by atoms with Crippen LogP contribution in [0.25, 0.3) is 5.69 Å². The van der Waals surface area contributed by atoms with E-state index >= 15 is 0 Å². The molecule has 0 aliphatic carbocycles. The maximum Gasteiger partial charge on any atom is 0.224 e. The van der Waals surface area contributed by atoms with Gasteiger partial charge in [0.2, 0.25) is 11.1 Å². The van der Waals surface area contributed by atoms with Gasteiger partial charge in [-0.25, -0.2) is 0 Å². The van der Waals surface area contributed by atoms with E-state index in [4.69, 9.17) is 0 Å². The number of nitrogens with zero attached hydrogens (tertiary/aromatic N) is 4. The molecular weight excluding hydrogens is 282 g/mol. The van der Waals surface area contributed by atoms with Gasteiger partial charge < -0.3 is 15.5 Å². The molecule has 0 fully saturated rings. The van der Waals surface area contributed by atoms with Gasteiger partial charge in [0.15, 0.2) is 0 Å². The van der Waals surface area contributed by atoms with Crippen molar-refractivity contribution < 1.29 is 15.0 Å². The van der Waals surface area contributed by atoms with Crippen LogP contribution in [0.15, 0.2) is 17.3 Å². The van der Waals surface area contributed by atoms with Crippen molar-refractivity contribution in [3.05, 3.63) is 12.1 Å². The summed E-state index contributed by atoms with van der Waals surface area (Å²) in [5.41, 5.74) is 0.282. The minimum atomic E-state index is -0.243. The lowest BCUT2D eigenvalue weighted by molar-refractivity contribution is -0.116. The monoisotopic (exact) mass is 295 g/mol. The molecule has 0 radical (unpaired) electrons. The molecule has 0 atom stereocenters. The molecule has 0 bridgehead atoms. The number of aromatic hydroxyl groups is 2. The Morgan fingerprint density at radius 2 is 2.15 bits per heavy atom. The van der Waals surface area contributed by atoms with E-state index in [1.165, 1.54) is 12.1 Å². The second-order valence-electron chi connectivity index (χ2n) is 4.05. The van der Waals surface area contributed by atoms with Crippen LogP contribution in [0.4, 0.5) is 5.69 Å². The van der Waals surface area contributed by atoms with Gasteiger partial charge in [-0.3, -0.25) is 4.79 Å². The van der Waals surface area contributed by atoms with Crippen molar-refractivity contribution >= 4 is 24.2 Å². The van der Waals surface area contributed by atoms with Crippen LogP contribution >= 0.6 is 12.6 Å². The molecule has 1 heterocycles. The summed E-state index contributed by atoms with van der Waals surface area (Å²) in [5, 5.41) is 33.1. The lowest BCUT2D eigenvalue weighted by atomic mass is 10.2. The third-order valence-corrected chi connectivity index (χ3v) is 2.80. The average Bonchev–Trinajstić information content (AvgIpc) is 2.80. The lowest BCUT2D eigenvalue weighted by Gasteiger charge is -2.10. The topological polar surface area (TPSA) is 113 Å². The van der Waals surface area contributed by atoms with Gasteiger partial charge in [0.25, 0.3) is 0 Å². The standard InChI is InChI=1S/C11H13N5O3S/c1-2-3-10(19)12-6-4-9(18)7(5-8(6)17)16-11(20)13-14-15-16/h4-5,17-18H,2-3H2,1H3,(H,12,19)(H,13,15,20). The normalized spacial score (nSPS) is 10.5. The van der Waals surface area contributed by atoms with E-state index in [1.54, 1.807) is 0 Å². The quantitative estimate of drug-likeness (QED) is 0.382. The second-order valence-corrected chi connectivity index (χ2v) is 4.45. The smallest absolute Gasteiger partial charge is 0.224 e. The van der Waals surface area contributed by atoms with Crippen molar-refractivity contribution in [2.45, 2.75) is 24.9 Å². The molecule has 0 unspecified atom stereocenters. The molecule has 1 aromatic carbocycles. The molecule has 0 saturated heterocycles. The summed E-state index contributed by atoms with van der Waals surface area (Å²) < 4.78 is 1.15. The molecule has 8 nitrogen and oxygen atoms in total. The number of thiol groups is 1. The number of hydrogen-bond donors (Lipinski definition) is 4. The van der Waals surface area contributed by atoms with Crippen molar-refractivity contribution in [1.82, 2.24) is 20.2 Å². The van der Waals surface area contributed by atoms with Crippen LogP contribution in [-0.2, 0) is 4.79 Å². The largest absolute Gasteiger partial charge is 0.506 e. The number of phenolic OH excluding ortho intramolecular Hbond substituents is 2.